The van der Waals surface area contributed by atoms with Crippen LogP contribution in [0.15, 0.2) is 22.7 Å². The Morgan fingerprint density at radius 1 is 1.43 bits per heavy atom. The number of nitrogens with two attached hydrogens (primary N) is 1. The van der Waals surface area contributed by atoms with Crippen molar-refractivity contribution < 1.29 is 0 Å². The quantitative estimate of drug-likeness (QED) is 0.878. The SMILES string of the molecule is Cc1cc(CC(C)CCN)ccc1Br. The van der Waals surface area contributed by atoms with Gasteiger partial charge in [0.05, 0.1) is 0 Å². The van der Waals surface area contributed by atoms with Gasteiger partial charge < -0.3 is 5.73 Å². The summed E-state index contributed by atoms with van der Waals surface area (Å²) in [5, 5.41) is 0. The van der Waals surface area contributed by atoms with Crippen molar-refractivity contribution in [3.05, 3.63) is 33.8 Å². The van der Waals surface area contributed by atoms with E-state index in [1.165, 1.54) is 15.6 Å². The van der Waals surface area contributed by atoms with Crippen LogP contribution in [0.5, 0.6) is 0 Å². The van der Waals surface area contributed by atoms with E-state index in [2.05, 4.69) is 48.0 Å². The number of aryl methyl sites for hydroxylation is 1. The summed E-state index contributed by atoms with van der Waals surface area (Å²) >= 11 is 3.51. The number of hydrogen-bond acceptors (Lipinski definition) is 1. The Hall–Kier alpha value is -0.340. The van der Waals surface area contributed by atoms with Gasteiger partial charge in [-0.15, -0.1) is 0 Å². The van der Waals surface area contributed by atoms with Crippen LogP contribution in [0, 0.1) is 12.8 Å². The number of benzene rings is 1. The van der Waals surface area contributed by atoms with Gasteiger partial charge in [-0.25, -0.2) is 0 Å². The summed E-state index contributed by atoms with van der Waals surface area (Å²) in [4.78, 5) is 0. The molecule has 1 rings (SSSR count). The Morgan fingerprint density at radius 3 is 2.71 bits per heavy atom. The van der Waals surface area contributed by atoms with E-state index in [0.717, 1.165) is 19.4 Å². The van der Waals surface area contributed by atoms with E-state index in [9.17, 15) is 0 Å². The maximum atomic E-state index is 5.53. The Bertz CT molecular complexity index is 296. The summed E-state index contributed by atoms with van der Waals surface area (Å²) in [5.74, 6) is 0.681. The van der Waals surface area contributed by atoms with Gasteiger partial charge in [0.15, 0.2) is 0 Å². The molecule has 0 saturated carbocycles. The fourth-order valence-electron chi connectivity index (χ4n) is 1.62. The lowest BCUT2D eigenvalue weighted by Crippen LogP contribution is -2.08. The van der Waals surface area contributed by atoms with Crippen molar-refractivity contribution in [2.24, 2.45) is 11.7 Å². The molecule has 0 spiro atoms. The molecular weight excluding hydrogens is 238 g/mol. The summed E-state index contributed by atoms with van der Waals surface area (Å²) < 4.78 is 1.19. The third-order valence-corrected chi connectivity index (χ3v) is 3.36. The van der Waals surface area contributed by atoms with E-state index < -0.39 is 0 Å². The zero-order valence-corrected chi connectivity index (χ0v) is 10.5. The second kappa shape index (κ2) is 5.52. The van der Waals surface area contributed by atoms with Gasteiger partial charge in [0.2, 0.25) is 0 Å². The van der Waals surface area contributed by atoms with Crippen LogP contribution in [0.2, 0.25) is 0 Å². The van der Waals surface area contributed by atoms with E-state index in [-0.39, 0.29) is 0 Å². The van der Waals surface area contributed by atoms with Crippen molar-refractivity contribution in [2.75, 3.05) is 6.54 Å². The standard InChI is InChI=1S/C12H18BrN/c1-9(5-6-14)7-11-3-4-12(13)10(2)8-11/h3-4,8-9H,5-7,14H2,1-2H3. The zero-order valence-electron chi connectivity index (χ0n) is 8.89. The van der Waals surface area contributed by atoms with Crippen molar-refractivity contribution >= 4 is 15.9 Å². The minimum absolute atomic E-state index is 0.681. The highest BCUT2D eigenvalue weighted by Crippen LogP contribution is 2.19. The summed E-state index contributed by atoms with van der Waals surface area (Å²) in [6, 6.07) is 6.56. The Balaban J connectivity index is 2.63. The van der Waals surface area contributed by atoms with Crippen LogP contribution in [0.3, 0.4) is 0 Å². The summed E-state index contributed by atoms with van der Waals surface area (Å²) in [7, 11) is 0. The number of rotatable bonds is 4. The van der Waals surface area contributed by atoms with Crippen molar-refractivity contribution in [3.63, 3.8) is 0 Å². The van der Waals surface area contributed by atoms with Crippen molar-refractivity contribution in [1.29, 1.82) is 0 Å². The smallest absolute Gasteiger partial charge is 0.0204 e. The molecule has 2 N–H and O–H groups in total. The average molecular weight is 256 g/mol. The molecule has 0 aliphatic rings. The van der Waals surface area contributed by atoms with Crippen LogP contribution in [-0.4, -0.2) is 6.54 Å². The fourth-order valence-corrected chi connectivity index (χ4v) is 1.87. The predicted octanol–water partition coefficient (Wildman–Crippen LogP) is 3.28. The third kappa shape index (κ3) is 3.43. The van der Waals surface area contributed by atoms with Gasteiger partial charge in [0, 0.05) is 4.47 Å². The largest absolute Gasteiger partial charge is 0.330 e. The Kier molecular flexibility index (Phi) is 4.63. The molecule has 14 heavy (non-hydrogen) atoms. The van der Waals surface area contributed by atoms with E-state index in [1.54, 1.807) is 0 Å². The molecule has 1 aromatic rings. The average Bonchev–Trinajstić information content (AvgIpc) is 2.12. The molecule has 0 radical (unpaired) electrons. The van der Waals surface area contributed by atoms with Crippen LogP contribution in [0.25, 0.3) is 0 Å². The van der Waals surface area contributed by atoms with Crippen molar-refractivity contribution in [1.82, 2.24) is 0 Å². The zero-order chi connectivity index (χ0) is 10.6. The molecule has 78 valence electrons. The first-order valence-corrected chi connectivity index (χ1v) is 5.88. The Labute approximate surface area is 94.8 Å². The van der Waals surface area contributed by atoms with Crippen molar-refractivity contribution in [2.45, 2.75) is 26.7 Å². The molecule has 1 nitrogen and oxygen atoms in total. The maximum Gasteiger partial charge on any atom is 0.0204 e. The monoisotopic (exact) mass is 255 g/mol. The minimum Gasteiger partial charge on any atom is -0.330 e. The first-order valence-electron chi connectivity index (χ1n) is 5.08. The lowest BCUT2D eigenvalue weighted by atomic mass is 9.97. The van der Waals surface area contributed by atoms with Crippen LogP contribution >= 0.6 is 15.9 Å². The molecule has 0 heterocycles. The lowest BCUT2D eigenvalue weighted by Gasteiger charge is -2.10. The molecule has 0 bridgehead atoms. The number of halogens is 1. The first-order chi connectivity index (χ1) is 6.63. The van der Waals surface area contributed by atoms with Gasteiger partial charge in [0.25, 0.3) is 0 Å². The highest BCUT2D eigenvalue weighted by atomic mass is 79.9. The van der Waals surface area contributed by atoms with Crippen LogP contribution in [0.1, 0.15) is 24.5 Å². The topological polar surface area (TPSA) is 26.0 Å². The molecule has 1 atom stereocenters. The molecule has 0 aromatic heterocycles. The molecule has 0 amide bonds. The molecule has 0 aliphatic heterocycles. The second-order valence-corrected chi connectivity index (χ2v) is 4.82. The highest BCUT2D eigenvalue weighted by Gasteiger charge is 2.03. The third-order valence-electron chi connectivity index (χ3n) is 2.47. The number of hydrogen-bond donors (Lipinski definition) is 1. The van der Waals surface area contributed by atoms with Crippen LogP contribution in [-0.2, 0) is 6.42 Å². The van der Waals surface area contributed by atoms with Gasteiger partial charge in [-0.05, 0) is 49.4 Å². The van der Waals surface area contributed by atoms with Gasteiger partial charge in [-0.1, -0.05) is 35.0 Å². The summed E-state index contributed by atoms with van der Waals surface area (Å²) in [6.45, 7) is 5.17. The molecule has 0 saturated heterocycles. The van der Waals surface area contributed by atoms with E-state index in [4.69, 9.17) is 5.73 Å². The van der Waals surface area contributed by atoms with Gasteiger partial charge in [0.1, 0.15) is 0 Å². The van der Waals surface area contributed by atoms with E-state index in [1.807, 2.05) is 0 Å². The lowest BCUT2D eigenvalue weighted by molar-refractivity contribution is 0.538. The van der Waals surface area contributed by atoms with E-state index in [0.29, 0.717) is 5.92 Å². The molecule has 1 aromatic carbocycles. The van der Waals surface area contributed by atoms with E-state index >= 15 is 0 Å². The molecular formula is C12H18BrN. The van der Waals surface area contributed by atoms with Gasteiger partial charge >= 0.3 is 0 Å². The summed E-state index contributed by atoms with van der Waals surface area (Å²) in [5.41, 5.74) is 8.25. The fraction of sp³-hybridized carbons (Fsp3) is 0.500. The molecule has 0 fully saturated rings. The molecule has 2 heteroatoms. The minimum atomic E-state index is 0.681. The predicted molar refractivity (Wildman–Crippen MR) is 65.4 cm³/mol. The van der Waals surface area contributed by atoms with Crippen LogP contribution < -0.4 is 5.73 Å². The van der Waals surface area contributed by atoms with Crippen LogP contribution in [0.4, 0.5) is 0 Å². The normalized spacial score (nSPS) is 12.9. The van der Waals surface area contributed by atoms with Gasteiger partial charge in [-0.2, -0.15) is 0 Å². The molecule has 1 unspecified atom stereocenters. The highest BCUT2D eigenvalue weighted by molar-refractivity contribution is 9.10. The van der Waals surface area contributed by atoms with Gasteiger partial charge in [-0.3, -0.25) is 0 Å². The molecule has 0 aliphatic carbocycles. The van der Waals surface area contributed by atoms with Crippen molar-refractivity contribution in [3.8, 4) is 0 Å². The first kappa shape index (κ1) is 11.7. The second-order valence-electron chi connectivity index (χ2n) is 3.97. The maximum absolute atomic E-state index is 5.53. The Morgan fingerprint density at radius 2 is 2.14 bits per heavy atom. The summed E-state index contributed by atoms with van der Waals surface area (Å²) in [6.07, 6.45) is 2.24.